The Kier molecular flexibility index (Phi) is 5.81. The van der Waals surface area contributed by atoms with Crippen LogP contribution in [-0.2, 0) is 0 Å². The maximum atomic E-state index is 14.0. The summed E-state index contributed by atoms with van der Waals surface area (Å²) in [5.74, 6) is -10.1. The van der Waals surface area contributed by atoms with Gasteiger partial charge in [0.25, 0.3) is 5.91 Å². The number of anilines is 1. The van der Waals surface area contributed by atoms with Crippen LogP contribution in [0, 0.1) is 37.1 Å². The number of benzene rings is 2. The lowest BCUT2D eigenvalue weighted by molar-refractivity contribution is 0.0966. The number of carbonyl (C=O) groups is 1. The maximum absolute atomic E-state index is 14.0. The Morgan fingerprint density at radius 3 is 1.96 bits per heavy atom. The Labute approximate surface area is 152 Å². The second kappa shape index (κ2) is 7.69. The molecular formula is C17H14F4N2O2S. The second-order valence-electron chi connectivity index (χ2n) is 5.34. The van der Waals surface area contributed by atoms with Crippen LogP contribution in [-0.4, -0.2) is 18.1 Å². The number of amides is 1. The first-order chi connectivity index (χ1) is 12.2. The molecule has 9 heteroatoms. The third-order valence-electron chi connectivity index (χ3n) is 3.60. The van der Waals surface area contributed by atoms with Gasteiger partial charge in [-0.1, -0.05) is 18.2 Å². The quantitative estimate of drug-likeness (QED) is 0.476. The molecule has 0 fully saturated rings. The lowest BCUT2D eigenvalue weighted by atomic mass is 10.1. The molecule has 0 spiro atoms. The monoisotopic (exact) mass is 386 g/mol. The molecule has 1 amide bonds. The number of ether oxygens (including phenoxy) is 1. The second-order valence-corrected chi connectivity index (χ2v) is 5.75. The van der Waals surface area contributed by atoms with E-state index in [9.17, 15) is 22.4 Å². The van der Waals surface area contributed by atoms with Crippen LogP contribution >= 0.6 is 12.2 Å². The molecule has 26 heavy (non-hydrogen) atoms. The molecule has 0 aliphatic carbocycles. The molecule has 0 atom stereocenters. The predicted molar refractivity (Wildman–Crippen MR) is 92.4 cm³/mol. The molecule has 0 heterocycles. The average molecular weight is 386 g/mol. The molecule has 2 rings (SSSR count). The Morgan fingerprint density at radius 1 is 1.00 bits per heavy atom. The van der Waals surface area contributed by atoms with Crippen LogP contribution in [0.5, 0.6) is 5.75 Å². The minimum absolute atomic E-state index is 0.289. The van der Waals surface area contributed by atoms with E-state index < -0.39 is 40.5 Å². The highest BCUT2D eigenvalue weighted by atomic mass is 32.1. The topological polar surface area (TPSA) is 50.4 Å². The van der Waals surface area contributed by atoms with E-state index in [4.69, 9.17) is 12.2 Å². The van der Waals surface area contributed by atoms with Crippen molar-refractivity contribution >= 4 is 28.9 Å². The first-order valence-electron chi connectivity index (χ1n) is 7.27. The van der Waals surface area contributed by atoms with Crippen LogP contribution < -0.4 is 15.4 Å². The summed E-state index contributed by atoms with van der Waals surface area (Å²) in [5, 5.41) is 4.42. The molecule has 0 unspecified atom stereocenters. The molecule has 0 aliphatic heterocycles. The highest BCUT2D eigenvalue weighted by molar-refractivity contribution is 7.80. The lowest BCUT2D eigenvalue weighted by Crippen LogP contribution is -2.36. The predicted octanol–water partition coefficient (Wildman–Crippen LogP) is 4.00. The Hall–Kier alpha value is -2.68. The normalized spacial score (nSPS) is 10.4. The van der Waals surface area contributed by atoms with Gasteiger partial charge >= 0.3 is 0 Å². The van der Waals surface area contributed by atoms with Crippen LogP contribution in [0.25, 0.3) is 0 Å². The van der Waals surface area contributed by atoms with E-state index in [1.54, 1.807) is 26.0 Å². The number of halogens is 4. The van der Waals surface area contributed by atoms with Crippen LogP contribution in [0.1, 0.15) is 21.5 Å². The number of para-hydroxylation sites is 1. The summed E-state index contributed by atoms with van der Waals surface area (Å²) in [6, 6.07) is 5.38. The van der Waals surface area contributed by atoms with E-state index in [2.05, 4.69) is 10.1 Å². The fraction of sp³-hybridized carbons (Fsp3) is 0.176. The van der Waals surface area contributed by atoms with E-state index in [-0.39, 0.29) is 5.11 Å². The molecule has 2 aromatic carbocycles. The number of nitrogens with one attached hydrogen (secondary N) is 2. The van der Waals surface area contributed by atoms with Crippen molar-refractivity contribution < 1.29 is 27.1 Å². The minimum atomic E-state index is -1.88. The van der Waals surface area contributed by atoms with Gasteiger partial charge in [-0.05, 0) is 37.2 Å². The van der Waals surface area contributed by atoms with Crippen LogP contribution in [0.3, 0.4) is 0 Å². The molecule has 0 saturated heterocycles. The lowest BCUT2D eigenvalue weighted by Gasteiger charge is -2.15. The summed E-state index contributed by atoms with van der Waals surface area (Å²) in [6.45, 7) is 3.57. The fourth-order valence-electron chi connectivity index (χ4n) is 2.31. The summed E-state index contributed by atoms with van der Waals surface area (Å²) < 4.78 is 59.6. The van der Waals surface area contributed by atoms with E-state index in [1.807, 2.05) is 11.4 Å². The molecule has 0 aliphatic rings. The Balaban J connectivity index is 2.29. The molecule has 0 saturated carbocycles. The standard InChI is InChI=1S/C17H14F4N2O2S/c1-7-5-4-6-8(2)14(7)22-17(26)23-16(24)9-10(18)12(20)15(25-3)13(21)11(9)19/h4-6H,1-3H3,(H2,22,23,24,26). The van der Waals surface area contributed by atoms with Crippen molar-refractivity contribution in [3.8, 4) is 5.75 Å². The third-order valence-corrected chi connectivity index (χ3v) is 3.81. The first-order valence-corrected chi connectivity index (χ1v) is 7.68. The van der Waals surface area contributed by atoms with Gasteiger partial charge in [0, 0.05) is 5.69 Å². The van der Waals surface area contributed by atoms with Gasteiger partial charge in [0.2, 0.25) is 11.6 Å². The number of hydrogen-bond acceptors (Lipinski definition) is 3. The van der Waals surface area contributed by atoms with Gasteiger partial charge in [-0.3, -0.25) is 10.1 Å². The van der Waals surface area contributed by atoms with Crippen molar-refractivity contribution in [2.45, 2.75) is 13.8 Å². The highest BCUT2D eigenvalue weighted by Crippen LogP contribution is 2.29. The zero-order chi connectivity index (χ0) is 19.6. The molecular weight excluding hydrogens is 372 g/mol. The summed E-state index contributed by atoms with van der Waals surface area (Å²) >= 11 is 4.93. The summed E-state index contributed by atoms with van der Waals surface area (Å²) in [6.07, 6.45) is 0. The van der Waals surface area contributed by atoms with Crippen molar-refractivity contribution in [3.05, 3.63) is 58.2 Å². The van der Waals surface area contributed by atoms with Gasteiger partial charge in [-0.2, -0.15) is 8.78 Å². The van der Waals surface area contributed by atoms with Crippen molar-refractivity contribution in [1.82, 2.24) is 5.32 Å². The van der Waals surface area contributed by atoms with E-state index in [0.717, 1.165) is 18.2 Å². The smallest absolute Gasteiger partial charge is 0.263 e. The number of rotatable bonds is 3. The van der Waals surface area contributed by atoms with Gasteiger partial charge in [0.15, 0.2) is 22.5 Å². The van der Waals surface area contributed by atoms with Gasteiger partial charge in [0.05, 0.1) is 7.11 Å². The molecule has 0 aromatic heterocycles. The van der Waals surface area contributed by atoms with Gasteiger partial charge in [0.1, 0.15) is 5.56 Å². The van der Waals surface area contributed by atoms with Crippen molar-refractivity contribution in [1.29, 1.82) is 0 Å². The van der Waals surface area contributed by atoms with E-state index >= 15 is 0 Å². The average Bonchev–Trinajstić information content (AvgIpc) is 2.57. The number of methoxy groups -OCH3 is 1. The Bertz CT molecular complexity index is 854. The molecule has 2 aromatic rings. The van der Waals surface area contributed by atoms with Crippen LogP contribution in [0.4, 0.5) is 23.2 Å². The van der Waals surface area contributed by atoms with Crippen molar-refractivity contribution in [2.75, 3.05) is 12.4 Å². The molecule has 2 N–H and O–H groups in total. The molecule has 138 valence electrons. The molecule has 4 nitrogen and oxygen atoms in total. The number of aryl methyl sites for hydroxylation is 2. The van der Waals surface area contributed by atoms with Gasteiger partial charge in [-0.25, -0.2) is 8.78 Å². The Morgan fingerprint density at radius 2 is 1.50 bits per heavy atom. The van der Waals surface area contributed by atoms with Crippen LogP contribution in [0.15, 0.2) is 18.2 Å². The van der Waals surface area contributed by atoms with Crippen LogP contribution in [0.2, 0.25) is 0 Å². The number of thiocarbonyl (C=S) groups is 1. The van der Waals surface area contributed by atoms with E-state index in [1.165, 1.54) is 0 Å². The first kappa shape index (κ1) is 19.6. The summed E-state index contributed by atoms with van der Waals surface area (Å²) in [5.41, 5.74) is 0.762. The largest absolute Gasteiger partial charge is 0.491 e. The zero-order valence-corrected chi connectivity index (χ0v) is 14.8. The maximum Gasteiger partial charge on any atom is 0.263 e. The number of hydrogen-bond donors (Lipinski definition) is 2. The van der Waals surface area contributed by atoms with Gasteiger partial charge in [-0.15, -0.1) is 0 Å². The van der Waals surface area contributed by atoms with E-state index in [0.29, 0.717) is 5.69 Å². The molecule has 0 radical (unpaired) electrons. The summed E-state index contributed by atoms with van der Waals surface area (Å²) in [4.78, 5) is 12.1. The fourth-order valence-corrected chi connectivity index (χ4v) is 2.51. The zero-order valence-electron chi connectivity index (χ0n) is 14.0. The van der Waals surface area contributed by atoms with Crippen molar-refractivity contribution in [3.63, 3.8) is 0 Å². The van der Waals surface area contributed by atoms with Crippen molar-refractivity contribution in [2.24, 2.45) is 0 Å². The highest BCUT2D eigenvalue weighted by Gasteiger charge is 2.30. The van der Waals surface area contributed by atoms with Gasteiger partial charge < -0.3 is 10.1 Å². The minimum Gasteiger partial charge on any atom is -0.491 e. The third kappa shape index (κ3) is 3.62. The SMILES string of the molecule is COc1c(F)c(F)c(C(=O)NC(=S)Nc2c(C)cccc2C)c(F)c1F. The number of carbonyl (C=O) groups excluding carboxylic acids is 1. The summed E-state index contributed by atoms with van der Waals surface area (Å²) in [7, 11) is 0.837. The molecule has 0 bridgehead atoms.